The lowest BCUT2D eigenvalue weighted by Crippen LogP contribution is -2.27. The number of fused-ring (bicyclic) bond motifs is 1. The van der Waals surface area contributed by atoms with Crippen molar-refractivity contribution in [3.8, 4) is 0 Å². The smallest absolute Gasteiger partial charge is 0.145 e. The summed E-state index contributed by atoms with van der Waals surface area (Å²) in [5.41, 5.74) is 1.21. The summed E-state index contributed by atoms with van der Waals surface area (Å²) in [4.78, 5) is 13.9. The van der Waals surface area contributed by atoms with E-state index in [2.05, 4.69) is 30.7 Å². The molecule has 0 amide bonds. The minimum atomic E-state index is 0.605. The van der Waals surface area contributed by atoms with E-state index in [-0.39, 0.29) is 0 Å². The summed E-state index contributed by atoms with van der Waals surface area (Å²) >= 11 is 8.05. The summed E-state index contributed by atoms with van der Waals surface area (Å²) in [6.45, 7) is 8.42. The molecule has 0 bridgehead atoms. The van der Waals surface area contributed by atoms with Gasteiger partial charge >= 0.3 is 0 Å². The molecule has 1 aliphatic rings. The molecule has 0 spiro atoms. The van der Waals surface area contributed by atoms with Crippen molar-refractivity contribution in [1.29, 1.82) is 0 Å². The maximum Gasteiger partial charge on any atom is 0.145 e. The van der Waals surface area contributed by atoms with Crippen LogP contribution in [-0.2, 0) is 6.54 Å². The zero-order chi connectivity index (χ0) is 13.6. The van der Waals surface area contributed by atoms with Crippen LogP contribution in [0.25, 0.3) is 10.2 Å². The van der Waals surface area contributed by atoms with Gasteiger partial charge in [0, 0.05) is 10.9 Å². The largest absolute Gasteiger partial charge is 0.293 e. The lowest BCUT2D eigenvalue weighted by molar-refractivity contribution is 0.254. The number of halogens is 1. The zero-order valence-electron chi connectivity index (χ0n) is 11.5. The van der Waals surface area contributed by atoms with Crippen molar-refractivity contribution in [1.82, 2.24) is 14.9 Å². The molecule has 0 N–H and O–H groups in total. The third-order valence-corrected chi connectivity index (χ3v) is 5.44. The van der Waals surface area contributed by atoms with Crippen molar-refractivity contribution >= 4 is 33.2 Å². The monoisotopic (exact) mass is 295 g/mol. The SMILES string of the molecule is Cc1sc2nc(CN3CCCC3C)nc(Cl)c2c1C. The van der Waals surface area contributed by atoms with Crippen molar-refractivity contribution in [3.05, 3.63) is 21.4 Å². The van der Waals surface area contributed by atoms with Gasteiger partial charge in [-0.15, -0.1) is 11.3 Å². The Morgan fingerprint density at radius 1 is 1.37 bits per heavy atom. The van der Waals surface area contributed by atoms with Crippen molar-refractivity contribution in [2.75, 3.05) is 6.54 Å². The first-order chi connectivity index (χ1) is 9.06. The van der Waals surface area contributed by atoms with Crippen molar-refractivity contribution in [2.24, 2.45) is 0 Å². The van der Waals surface area contributed by atoms with Crippen LogP contribution in [0.3, 0.4) is 0 Å². The van der Waals surface area contributed by atoms with Gasteiger partial charge in [0.1, 0.15) is 15.8 Å². The highest BCUT2D eigenvalue weighted by Crippen LogP contribution is 2.33. The maximum atomic E-state index is 6.34. The standard InChI is InChI=1S/C14H18ClN3S/c1-8-5-4-6-18(8)7-11-16-13(15)12-9(2)10(3)19-14(12)17-11/h8H,4-7H2,1-3H3. The van der Waals surface area contributed by atoms with Gasteiger partial charge in [-0.2, -0.15) is 0 Å². The molecule has 1 unspecified atom stereocenters. The van der Waals surface area contributed by atoms with E-state index in [0.717, 1.165) is 29.1 Å². The summed E-state index contributed by atoms with van der Waals surface area (Å²) in [7, 11) is 0. The Bertz CT molecular complexity index is 623. The molecule has 0 radical (unpaired) electrons. The van der Waals surface area contributed by atoms with Crippen LogP contribution < -0.4 is 0 Å². The molecule has 0 aliphatic carbocycles. The van der Waals surface area contributed by atoms with E-state index in [9.17, 15) is 0 Å². The molecular weight excluding hydrogens is 278 g/mol. The van der Waals surface area contributed by atoms with Crippen LogP contribution >= 0.6 is 22.9 Å². The number of rotatable bonds is 2. The quantitative estimate of drug-likeness (QED) is 0.786. The molecule has 0 aromatic carbocycles. The number of nitrogens with zero attached hydrogens (tertiary/aromatic N) is 3. The van der Waals surface area contributed by atoms with Gasteiger partial charge in [0.25, 0.3) is 0 Å². The first-order valence-corrected chi connectivity index (χ1v) is 7.92. The number of thiophene rings is 1. The molecule has 0 saturated carbocycles. The minimum absolute atomic E-state index is 0.605. The van der Waals surface area contributed by atoms with E-state index in [1.807, 2.05) is 0 Å². The number of aryl methyl sites for hydroxylation is 2. The molecule has 1 aliphatic heterocycles. The van der Waals surface area contributed by atoms with Crippen LogP contribution in [-0.4, -0.2) is 27.5 Å². The van der Waals surface area contributed by atoms with Crippen molar-refractivity contribution < 1.29 is 0 Å². The van der Waals surface area contributed by atoms with Gasteiger partial charge in [-0.25, -0.2) is 9.97 Å². The van der Waals surface area contributed by atoms with Crippen molar-refractivity contribution in [2.45, 2.75) is 46.2 Å². The molecule has 1 atom stereocenters. The predicted molar refractivity (Wildman–Crippen MR) is 81.0 cm³/mol. The Kier molecular flexibility index (Phi) is 3.50. The fourth-order valence-electron chi connectivity index (χ4n) is 2.72. The van der Waals surface area contributed by atoms with Gasteiger partial charge in [0.2, 0.25) is 0 Å². The third-order valence-electron chi connectivity index (χ3n) is 4.07. The van der Waals surface area contributed by atoms with Crippen LogP contribution in [0.1, 0.15) is 36.0 Å². The first-order valence-electron chi connectivity index (χ1n) is 6.72. The van der Waals surface area contributed by atoms with Gasteiger partial charge in [0.05, 0.1) is 11.9 Å². The normalized spacial score (nSPS) is 20.5. The van der Waals surface area contributed by atoms with E-state index in [4.69, 9.17) is 16.6 Å². The molecule has 3 heterocycles. The highest BCUT2D eigenvalue weighted by molar-refractivity contribution is 7.18. The first kappa shape index (κ1) is 13.3. The predicted octanol–water partition coefficient (Wildman–Crippen LogP) is 3.95. The molecule has 102 valence electrons. The average molecular weight is 296 g/mol. The van der Waals surface area contributed by atoms with Gasteiger partial charge in [-0.05, 0) is 45.7 Å². The van der Waals surface area contributed by atoms with Crippen LogP contribution in [0.2, 0.25) is 5.15 Å². The Balaban J connectivity index is 1.97. The summed E-state index contributed by atoms with van der Waals surface area (Å²) in [5, 5.41) is 1.64. The minimum Gasteiger partial charge on any atom is -0.293 e. The lowest BCUT2D eigenvalue weighted by Gasteiger charge is -2.19. The van der Waals surface area contributed by atoms with Gasteiger partial charge in [-0.1, -0.05) is 11.6 Å². The van der Waals surface area contributed by atoms with Crippen LogP contribution in [0.5, 0.6) is 0 Å². The van der Waals surface area contributed by atoms with Crippen LogP contribution in [0, 0.1) is 13.8 Å². The number of aromatic nitrogens is 2. The summed E-state index contributed by atoms with van der Waals surface area (Å²) in [6, 6.07) is 0.630. The van der Waals surface area contributed by atoms with Gasteiger partial charge in [-0.3, -0.25) is 4.90 Å². The van der Waals surface area contributed by atoms with Crippen molar-refractivity contribution in [3.63, 3.8) is 0 Å². The number of hydrogen-bond acceptors (Lipinski definition) is 4. The molecular formula is C14H18ClN3S. The molecule has 5 heteroatoms. The topological polar surface area (TPSA) is 29.0 Å². The number of likely N-dealkylation sites (tertiary alicyclic amines) is 1. The van der Waals surface area contributed by atoms with Gasteiger partial charge < -0.3 is 0 Å². The second-order valence-corrected chi connectivity index (χ2v) is 6.92. The summed E-state index contributed by atoms with van der Waals surface area (Å²) in [5.74, 6) is 0.854. The molecule has 1 fully saturated rings. The second-order valence-electron chi connectivity index (χ2n) is 5.36. The van der Waals surface area contributed by atoms with E-state index < -0.39 is 0 Å². The van der Waals surface area contributed by atoms with E-state index in [0.29, 0.717) is 11.2 Å². The van der Waals surface area contributed by atoms with E-state index in [1.54, 1.807) is 11.3 Å². The molecule has 19 heavy (non-hydrogen) atoms. The van der Waals surface area contributed by atoms with E-state index in [1.165, 1.54) is 23.3 Å². The Morgan fingerprint density at radius 3 is 2.84 bits per heavy atom. The fraction of sp³-hybridized carbons (Fsp3) is 0.571. The Labute approximate surface area is 122 Å². The lowest BCUT2D eigenvalue weighted by atomic mass is 10.2. The second kappa shape index (κ2) is 5.00. The average Bonchev–Trinajstić information content (AvgIpc) is 2.85. The highest BCUT2D eigenvalue weighted by Gasteiger charge is 2.22. The van der Waals surface area contributed by atoms with Crippen LogP contribution in [0.15, 0.2) is 0 Å². The zero-order valence-corrected chi connectivity index (χ0v) is 13.1. The van der Waals surface area contributed by atoms with Crippen LogP contribution in [0.4, 0.5) is 0 Å². The molecule has 2 aromatic rings. The molecule has 2 aromatic heterocycles. The third kappa shape index (κ3) is 2.37. The molecule has 3 rings (SSSR count). The highest BCUT2D eigenvalue weighted by atomic mass is 35.5. The Morgan fingerprint density at radius 2 is 2.16 bits per heavy atom. The molecule has 3 nitrogen and oxygen atoms in total. The Hall–Kier alpha value is -0.710. The number of hydrogen-bond donors (Lipinski definition) is 0. The molecule has 1 saturated heterocycles. The fourth-order valence-corrected chi connectivity index (χ4v) is 4.15. The summed E-state index contributed by atoms with van der Waals surface area (Å²) in [6.07, 6.45) is 2.54. The maximum absolute atomic E-state index is 6.34. The van der Waals surface area contributed by atoms with Gasteiger partial charge in [0.15, 0.2) is 0 Å². The summed E-state index contributed by atoms with van der Waals surface area (Å²) < 4.78 is 0. The van der Waals surface area contributed by atoms with E-state index >= 15 is 0 Å².